The van der Waals surface area contributed by atoms with Gasteiger partial charge in [-0.3, -0.25) is 0 Å². The highest BCUT2D eigenvalue weighted by Gasteiger charge is 2.12. The Hall–Kier alpha value is -1.13. The minimum absolute atomic E-state index is 0.253. The molecule has 4 heteroatoms. The van der Waals surface area contributed by atoms with Crippen LogP contribution in [-0.2, 0) is 4.74 Å². The molecule has 0 aliphatic rings. The number of ether oxygens (including phenoxy) is 2. The van der Waals surface area contributed by atoms with Crippen molar-refractivity contribution in [1.29, 1.82) is 0 Å². The summed E-state index contributed by atoms with van der Waals surface area (Å²) in [7, 11) is 0. The van der Waals surface area contributed by atoms with Gasteiger partial charge in [0.15, 0.2) is 0 Å². The molecular formula is C14H22FNO2. The van der Waals surface area contributed by atoms with Crippen LogP contribution in [-0.4, -0.2) is 19.8 Å². The largest absolute Gasteiger partial charge is 0.491 e. The zero-order valence-electron chi connectivity index (χ0n) is 11.3. The standard InChI is InChI=1S/C14H22FNO2/c1-4-5-17-6-7-18-14-8-10(2)13(15)9-12(14)11(3)16/h8-9,11H,4-7,16H2,1-3H3/t11-/m0/s1. The van der Waals surface area contributed by atoms with Gasteiger partial charge >= 0.3 is 0 Å². The molecule has 0 saturated carbocycles. The summed E-state index contributed by atoms with van der Waals surface area (Å²) in [4.78, 5) is 0. The highest BCUT2D eigenvalue weighted by molar-refractivity contribution is 5.39. The van der Waals surface area contributed by atoms with Gasteiger partial charge in [0.05, 0.1) is 6.61 Å². The topological polar surface area (TPSA) is 44.5 Å². The van der Waals surface area contributed by atoms with Crippen molar-refractivity contribution in [3.8, 4) is 5.75 Å². The second kappa shape index (κ2) is 7.34. The molecule has 0 aromatic heterocycles. The third-order valence-electron chi connectivity index (χ3n) is 2.62. The smallest absolute Gasteiger partial charge is 0.126 e. The van der Waals surface area contributed by atoms with Crippen LogP contribution >= 0.6 is 0 Å². The number of aryl methyl sites for hydroxylation is 1. The molecule has 102 valence electrons. The summed E-state index contributed by atoms with van der Waals surface area (Å²) < 4.78 is 24.4. The maximum absolute atomic E-state index is 13.5. The molecule has 3 nitrogen and oxygen atoms in total. The van der Waals surface area contributed by atoms with E-state index in [1.54, 1.807) is 13.0 Å². The highest BCUT2D eigenvalue weighted by Crippen LogP contribution is 2.27. The van der Waals surface area contributed by atoms with Crippen molar-refractivity contribution in [2.24, 2.45) is 5.73 Å². The zero-order valence-corrected chi connectivity index (χ0v) is 11.3. The van der Waals surface area contributed by atoms with Crippen molar-refractivity contribution in [2.75, 3.05) is 19.8 Å². The van der Waals surface area contributed by atoms with Crippen molar-refractivity contribution in [3.63, 3.8) is 0 Å². The molecular weight excluding hydrogens is 233 g/mol. The quantitative estimate of drug-likeness (QED) is 0.762. The lowest BCUT2D eigenvalue weighted by molar-refractivity contribution is 0.100. The predicted octanol–water partition coefficient (Wildman–Crippen LogP) is 2.96. The molecule has 0 aliphatic heterocycles. The van der Waals surface area contributed by atoms with E-state index in [-0.39, 0.29) is 11.9 Å². The molecule has 0 saturated heterocycles. The number of halogens is 1. The molecule has 1 aromatic rings. The zero-order chi connectivity index (χ0) is 13.5. The normalized spacial score (nSPS) is 12.5. The van der Waals surface area contributed by atoms with Gasteiger partial charge in [-0.25, -0.2) is 4.39 Å². The third kappa shape index (κ3) is 4.27. The molecule has 0 aliphatic carbocycles. The fraction of sp³-hybridized carbons (Fsp3) is 0.571. The van der Waals surface area contributed by atoms with E-state index in [2.05, 4.69) is 6.92 Å². The van der Waals surface area contributed by atoms with Crippen molar-refractivity contribution in [3.05, 3.63) is 29.1 Å². The molecule has 1 atom stereocenters. The van der Waals surface area contributed by atoms with E-state index in [0.717, 1.165) is 13.0 Å². The molecule has 0 fully saturated rings. The Morgan fingerprint density at radius 2 is 2.00 bits per heavy atom. The molecule has 2 N–H and O–H groups in total. The molecule has 1 rings (SSSR count). The number of hydrogen-bond acceptors (Lipinski definition) is 3. The Morgan fingerprint density at radius 3 is 2.61 bits per heavy atom. The summed E-state index contributed by atoms with van der Waals surface area (Å²) in [6, 6.07) is 2.88. The number of nitrogens with two attached hydrogens (primary N) is 1. The lowest BCUT2D eigenvalue weighted by atomic mass is 10.1. The molecule has 1 aromatic carbocycles. The first-order chi connectivity index (χ1) is 8.56. The van der Waals surface area contributed by atoms with Crippen molar-refractivity contribution < 1.29 is 13.9 Å². The van der Waals surface area contributed by atoms with E-state index < -0.39 is 0 Å². The summed E-state index contributed by atoms with van der Waals surface area (Å²) in [6.45, 7) is 7.28. The maximum atomic E-state index is 13.5. The Kier molecular flexibility index (Phi) is 6.09. The van der Waals surface area contributed by atoms with Gasteiger partial charge in [0.1, 0.15) is 18.2 Å². The first-order valence-corrected chi connectivity index (χ1v) is 6.32. The van der Waals surface area contributed by atoms with E-state index in [4.69, 9.17) is 15.2 Å². The monoisotopic (exact) mass is 255 g/mol. The SMILES string of the molecule is CCCOCCOc1cc(C)c(F)cc1[C@H](C)N. The van der Waals surface area contributed by atoms with Crippen LogP contribution in [0.4, 0.5) is 4.39 Å². The average molecular weight is 255 g/mol. The minimum Gasteiger partial charge on any atom is -0.491 e. The van der Waals surface area contributed by atoms with Crippen LogP contribution in [0.15, 0.2) is 12.1 Å². The van der Waals surface area contributed by atoms with Gasteiger partial charge in [-0.1, -0.05) is 6.92 Å². The van der Waals surface area contributed by atoms with E-state index in [1.807, 2.05) is 6.92 Å². The van der Waals surface area contributed by atoms with Gasteiger partial charge in [0.25, 0.3) is 0 Å². The summed E-state index contributed by atoms with van der Waals surface area (Å²) in [6.07, 6.45) is 0.987. The molecule has 18 heavy (non-hydrogen) atoms. The summed E-state index contributed by atoms with van der Waals surface area (Å²) in [5, 5.41) is 0. The van der Waals surface area contributed by atoms with Gasteiger partial charge in [-0.2, -0.15) is 0 Å². The molecule has 0 spiro atoms. The molecule has 0 bridgehead atoms. The lowest BCUT2D eigenvalue weighted by Gasteiger charge is -2.15. The Morgan fingerprint density at radius 1 is 1.28 bits per heavy atom. The van der Waals surface area contributed by atoms with Crippen LogP contribution in [0, 0.1) is 12.7 Å². The van der Waals surface area contributed by atoms with Gasteiger partial charge in [-0.05, 0) is 38.0 Å². The first-order valence-electron chi connectivity index (χ1n) is 6.32. The number of hydrogen-bond donors (Lipinski definition) is 1. The number of benzene rings is 1. The highest BCUT2D eigenvalue weighted by atomic mass is 19.1. The Bertz CT molecular complexity index is 380. The summed E-state index contributed by atoms with van der Waals surface area (Å²) in [5.74, 6) is 0.390. The van der Waals surface area contributed by atoms with Crippen LogP contribution in [0.1, 0.15) is 37.4 Å². The molecule has 0 amide bonds. The summed E-state index contributed by atoms with van der Waals surface area (Å²) >= 11 is 0. The van der Waals surface area contributed by atoms with Crippen LogP contribution in [0.3, 0.4) is 0 Å². The minimum atomic E-state index is -0.258. The fourth-order valence-corrected chi connectivity index (χ4v) is 1.61. The van der Waals surface area contributed by atoms with Crippen LogP contribution in [0.25, 0.3) is 0 Å². The van der Waals surface area contributed by atoms with Crippen LogP contribution < -0.4 is 10.5 Å². The van der Waals surface area contributed by atoms with Crippen LogP contribution in [0.2, 0.25) is 0 Å². The van der Waals surface area contributed by atoms with Crippen molar-refractivity contribution in [2.45, 2.75) is 33.2 Å². The van der Waals surface area contributed by atoms with Crippen LogP contribution in [0.5, 0.6) is 5.75 Å². The Labute approximate surface area is 108 Å². The average Bonchev–Trinajstić information content (AvgIpc) is 2.32. The van der Waals surface area contributed by atoms with Gasteiger partial charge in [-0.15, -0.1) is 0 Å². The lowest BCUT2D eigenvalue weighted by Crippen LogP contribution is -2.12. The third-order valence-corrected chi connectivity index (χ3v) is 2.62. The van der Waals surface area contributed by atoms with E-state index in [1.165, 1.54) is 6.07 Å². The predicted molar refractivity (Wildman–Crippen MR) is 70.3 cm³/mol. The second-order valence-electron chi connectivity index (χ2n) is 4.39. The van der Waals surface area contributed by atoms with E-state index in [0.29, 0.717) is 30.1 Å². The van der Waals surface area contributed by atoms with Crippen molar-refractivity contribution >= 4 is 0 Å². The van der Waals surface area contributed by atoms with E-state index in [9.17, 15) is 4.39 Å². The van der Waals surface area contributed by atoms with Gasteiger partial charge in [0, 0.05) is 18.2 Å². The summed E-state index contributed by atoms with van der Waals surface area (Å²) in [5.41, 5.74) is 7.06. The molecule has 0 unspecified atom stereocenters. The van der Waals surface area contributed by atoms with Gasteiger partial charge < -0.3 is 15.2 Å². The van der Waals surface area contributed by atoms with E-state index >= 15 is 0 Å². The number of rotatable bonds is 7. The maximum Gasteiger partial charge on any atom is 0.126 e. The first kappa shape index (κ1) is 14.9. The second-order valence-corrected chi connectivity index (χ2v) is 4.39. The van der Waals surface area contributed by atoms with Gasteiger partial charge in [0.2, 0.25) is 0 Å². The molecule has 0 heterocycles. The molecule has 0 radical (unpaired) electrons. The Balaban J connectivity index is 2.65. The fourth-order valence-electron chi connectivity index (χ4n) is 1.61. The van der Waals surface area contributed by atoms with Crippen molar-refractivity contribution in [1.82, 2.24) is 0 Å².